The Morgan fingerprint density at radius 2 is 1.77 bits per heavy atom. The summed E-state index contributed by atoms with van der Waals surface area (Å²) in [7, 11) is 0. The summed E-state index contributed by atoms with van der Waals surface area (Å²) in [5, 5.41) is 2.81. The van der Waals surface area contributed by atoms with Crippen LogP contribution in [0.25, 0.3) is 0 Å². The van der Waals surface area contributed by atoms with Crippen molar-refractivity contribution in [3.8, 4) is 0 Å². The fourth-order valence-corrected chi connectivity index (χ4v) is 1.95. The van der Waals surface area contributed by atoms with Crippen LogP contribution in [0.3, 0.4) is 0 Å². The van der Waals surface area contributed by atoms with Gasteiger partial charge in [0.15, 0.2) is 0 Å². The van der Waals surface area contributed by atoms with Crippen molar-refractivity contribution >= 4 is 17.7 Å². The summed E-state index contributed by atoms with van der Waals surface area (Å²) in [5.41, 5.74) is 5.46. The van der Waals surface area contributed by atoms with E-state index in [2.05, 4.69) is 5.32 Å². The maximum atomic E-state index is 12.4. The first-order valence-electron chi connectivity index (χ1n) is 7.14. The van der Waals surface area contributed by atoms with Gasteiger partial charge in [-0.3, -0.25) is 14.4 Å². The number of amides is 3. The zero-order valence-electron chi connectivity index (χ0n) is 13.5. The van der Waals surface area contributed by atoms with Crippen LogP contribution in [-0.2, 0) is 4.79 Å². The number of likely N-dealkylation sites (N-methyl/N-ethyl adjacent to an activating group) is 1. The number of carbonyl (C=O) groups is 3. The molecule has 1 aromatic rings. The molecule has 0 fully saturated rings. The minimum Gasteiger partial charge on any atom is -0.366 e. The Balaban J connectivity index is 2.86. The molecule has 0 aromatic heterocycles. The van der Waals surface area contributed by atoms with E-state index in [1.54, 1.807) is 25.1 Å². The van der Waals surface area contributed by atoms with Gasteiger partial charge in [0.1, 0.15) is 0 Å². The van der Waals surface area contributed by atoms with Gasteiger partial charge in [0.25, 0.3) is 5.91 Å². The molecule has 0 aliphatic heterocycles. The van der Waals surface area contributed by atoms with Crippen LogP contribution in [0.15, 0.2) is 24.3 Å². The molecule has 0 radical (unpaired) electrons. The number of hydrogen-bond donors (Lipinski definition) is 2. The maximum absolute atomic E-state index is 12.4. The third-order valence-corrected chi connectivity index (χ3v) is 2.91. The predicted molar refractivity (Wildman–Crippen MR) is 84.4 cm³/mol. The molecule has 120 valence electrons. The summed E-state index contributed by atoms with van der Waals surface area (Å²) in [6, 6.07) is 6.17. The summed E-state index contributed by atoms with van der Waals surface area (Å²) >= 11 is 0. The predicted octanol–water partition coefficient (Wildman–Crippen LogP) is 1.16. The minimum atomic E-state index is -0.594. The van der Waals surface area contributed by atoms with Crippen LogP contribution >= 0.6 is 0 Å². The topological polar surface area (TPSA) is 92.5 Å². The molecule has 0 aliphatic rings. The number of nitrogens with two attached hydrogens (primary N) is 1. The Labute approximate surface area is 130 Å². The average molecular weight is 305 g/mol. The number of nitrogens with zero attached hydrogens (tertiary/aromatic N) is 1. The van der Waals surface area contributed by atoms with Crippen LogP contribution in [0, 0.1) is 0 Å². The van der Waals surface area contributed by atoms with Crippen molar-refractivity contribution in [3.63, 3.8) is 0 Å². The highest BCUT2D eigenvalue weighted by Crippen LogP contribution is 2.09. The van der Waals surface area contributed by atoms with Crippen LogP contribution < -0.4 is 11.1 Å². The second kappa shape index (κ2) is 7.06. The molecule has 0 atom stereocenters. The van der Waals surface area contributed by atoms with E-state index < -0.39 is 5.91 Å². The third-order valence-electron chi connectivity index (χ3n) is 2.91. The number of benzene rings is 1. The van der Waals surface area contributed by atoms with Crippen LogP contribution in [0.2, 0.25) is 0 Å². The van der Waals surface area contributed by atoms with E-state index >= 15 is 0 Å². The van der Waals surface area contributed by atoms with E-state index in [1.807, 2.05) is 20.8 Å². The molecule has 3 N–H and O–H groups in total. The summed E-state index contributed by atoms with van der Waals surface area (Å²) < 4.78 is 0. The first-order chi connectivity index (χ1) is 10.1. The maximum Gasteiger partial charge on any atom is 0.254 e. The smallest absolute Gasteiger partial charge is 0.254 e. The van der Waals surface area contributed by atoms with Gasteiger partial charge >= 0.3 is 0 Å². The number of nitrogens with one attached hydrogen (secondary N) is 1. The molecule has 0 unspecified atom stereocenters. The van der Waals surface area contributed by atoms with Gasteiger partial charge in [-0.2, -0.15) is 0 Å². The second-order valence-electron chi connectivity index (χ2n) is 6.06. The summed E-state index contributed by atoms with van der Waals surface area (Å²) in [4.78, 5) is 37.0. The highest BCUT2D eigenvalue weighted by Gasteiger charge is 2.20. The molecule has 0 saturated carbocycles. The Hall–Kier alpha value is -2.37. The van der Waals surface area contributed by atoms with Crippen LogP contribution in [-0.4, -0.2) is 41.2 Å². The third kappa shape index (κ3) is 5.20. The Morgan fingerprint density at radius 1 is 1.18 bits per heavy atom. The van der Waals surface area contributed by atoms with E-state index in [4.69, 9.17) is 5.73 Å². The zero-order chi connectivity index (χ0) is 16.9. The SMILES string of the molecule is CCN(CC(=O)NC(C)(C)C)C(=O)c1cccc(C(N)=O)c1. The van der Waals surface area contributed by atoms with E-state index in [0.717, 1.165) is 0 Å². The summed E-state index contributed by atoms with van der Waals surface area (Å²) in [5.74, 6) is -1.13. The quantitative estimate of drug-likeness (QED) is 0.855. The molecule has 0 bridgehead atoms. The van der Waals surface area contributed by atoms with E-state index in [-0.39, 0.29) is 29.5 Å². The molecular formula is C16H23N3O3. The zero-order valence-corrected chi connectivity index (χ0v) is 13.5. The largest absolute Gasteiger partial charge is 0.366 e. The molecule has 0 saturated heterocycles. The number of rotatable bonds is 5. The lowest BCUT2D eigenvalue weighted by atomic mass is 10.1. The van der Waals surface area contributed by atoms with Crippen LogP contribution in [0.1, 0.15) is 48.4 Å². The van der Waals surface area contributed by atoms with Crippen molar-refractivity contribution in [2.45, 2.75) is 33.2 Å². The Bertz CT molecular complexity index is 576. The number of hydrogen-bond acceptors (Lipinski definition) is 3. The van der Waals surface area contributed by atoms with Gasteiger partial charge in [-0.1, -0.05) is 6.07 Å². The van der Waals surface area contributed by atoms with Gasteiger partial charge < -0.3 is 16.0 Å². The van der Waals surface area contributed by atoms with Gasteiger partial charge in [-0.05, 0) is 45.9 Å². The summed E-state index contributed by atoms with van der Waals surface area (Å²) in [6.07, 6.45) is 0. The minimum absolute atomic E-state index is 0.0343. The Morgan fingerprint density at radius 3 is 2.27 bits per heavy atom. The fraction of sp³-hybridized carbons (Fsp3) is 0.438. The van der Waals surface area contributed by atoms with Crippen molar-refractivity contribution in [2.75, 3.05) is 13.1 Å². The molecule has 0 aliphatic carbocycles. The lowest BCUT2D eigenvalue weighted by Gasteiger charge is -2.25. The molecule has 3 amide bonds. The number of primary amides is 1. The lowest BCUT2D eigenvalue weighted by Crippen LogP contribution is -2.47. The lowest BCUT2D eigenvalue weighted by molar-refractivity contribution is -0.123. The van der Waals surface area contributed by atoms with E-state index in [0.29, 0.717) is 12.1 Å². The molecule has 22 heavy (non-hydrogen) atoms. The van der Waals surface area contributed by atoms with Gasteiger partial charge in [0, 0.05) is 23.2 Å². The van der Waals surface area contributed by atoms with Gasteiger partial charge in [0.2, 0.25) is 11.8 Å². The van der Waals surface area contributed by atoms with Crippen molar-refractivity contribution in [1.29, 1.82) is 0 Å². The van der Waals surface area contributed by atoms with E-state index in [9.17, 15) is 14.4 Å². The standard InChI is InChI=1S/C16H23N3O3/c1-5-19(10-13(20)18-16(2,3)4)15(22)12-8-6-7-11(9-12)14(17)21/h6-9H,5,10H2,1-4H3,(H2,17,21)(H,18,20). The van der Waals surface area contributed by atoms with E-state index in [1.165, 1.54) is 11.0 Å². The molecule has 1 aromatic carbocycles. The molecule has 6 heteroatoms. The van der Waals surface area contributed by atoms with Crippen molar-refractivity contribution < 1.29 is 14.4 Å². The second-order valence-corrected chi connectivity index (χ2v) is 6.06. The van der Waals surface area contributed by atoms with Crippen molar-refractivity contribution in [1.82, 2.24) is 10.2 Å². The van der Waals surface area contributed by atoms with Gasteiger partial charge in [-0.25, -0.2) is 0 Å². The molecule has 0 heterocycles. The van der Waals surface area contributed by atoms with Crippen LogP contribution in [0.4, 0.5) is 0 Å². The summed E-state index contributed by atoms with van der Waals surface area (Å²) in [6.45, 7) is 7.77. The average Bonchev–Trinajstić information content (AvgIpc) is 2.42. The van der Waals surface area contributed by atoms with Gasteiger partial charge in [0.05, 0.1) is 6.54 Å². The fourth-order valence-electron chi connectivity index (χ4n) is 1.95. The van der Waals surface area contributed by atoms with Crippen molar-refractivity contribution in [2.24, 2.45) is 5.73 Å². The van der Waals surface area contributed by atoms with Crippen LogP contribution in [0.5, 0.6) is 0 Å². The molecule has 1 rings (SSSR count). The normalized spacial score (nSPS) is 10.9. The monoisotopic (exact) mass is 305 g/mol. The van der Waals surface area contributed by atoms with Crippen molar-refractivity contribution in [3.05, 3.63) is 35.4 Å². The van der Waals surface area contributed by atoms with Gasteiger partial charge in [-0.15, -0.1) is 0 Å². The Kier molecular flexibility index (Phi) is 5.68. The molecular weight excluding hydrogens is 282 g/mol. The molecule has 6 nitrogen and oxygen atoms in total. The first-order valence-corrected chi connectivity index (χ1v) is 7.14. The highest BCUT2D eigenvalue weighted by atomic mass is 16.2. The highest BCUT2D eigenvalue weighted by molar-refractivity contribution is 6.00. The molecule has 0 spiro atoms. The first kappa shape index (κ1) is 17.7. The number of carbonyl (C=O) groups excluding carboxylic acids is 3.